The number of primary amides is 2. The number of nitrogens with zero attached hydrogens (tertiary/aromatic N) is 1. The number of urea groups is 1. The topological polar surface area (TPSA) is 862 Å². The molecule has 0 bridgehead atoms. The number of phenols is 2. The molecule has 0 saturated carbocycles. The Morgan fingerprint density at radius 2 is 0.824 bits per heavy atom. The average Bonchev–Trinajstić information content (AvgIpc) is 1.64. The average molecular weight is 1960 g/mol. The minimum Gasteiger partial charge on any atom is -0.508 e. The molecule has 3 rings (SSSR count). The molecular formula is C84H141N27O23S2. The van der Waals surface area contributed by atoms with Crippen molar-refractivity contribution in [3.63, 3.8) is 0 Å². The second kappa shape index (κ2) is 59.7. The third kappa shape index (κ3) is 40.9. The Balaban J connectivity index is 1.97. The summed E-state index contributed by atoms with van der Waals surface area (Å²) in [6.45, 7) is 9.17. The second-order valence-electron chi connectivity index (χ2n) is 34.0. The van der Waals surface area contributed by atoms with E-state index < -0.39 is 258 Å². The number of carbonyl (C=O) groups is 18. The van der Waals surface area contributed by atoms with Gasteiger partial charge in [-0.2, -0.15) is 25.3 Å². The van der Waals surface area contributed by atoms with Gasteiger partial charge in [0.25, 0.3) is 0 Å². The zero-order valence-corrected chi connectivity index (χ0v) is 79.3. The highest BCUT2D eigenvalue weighted by molar-refractivity contribution is 7.81. The van der Waals surface area contributed by atoms with Crippen LogP contribution >= 0.6 is 25.3 Å². The largest absolute Gasteiger partial charge is 0.508 e. The summed E-state index contributed by atoms with van der Waals surface area (Å²) in [5.41, 5.74) is 52.8. The molecule has 18 amide bonds. The van der Waals surface area contributed by atoms with E-state index in [0.29, 0.717) is 17.5 Å². The fourth-order valence-electron chi connectivity index (χ4n) is 14.0. The highest BCUT2D eigenvalue weighted by Crippen LogP contribution is 2.25. The van der Waals surface area contributed by atoms with Gasteiger partial charge >= 0.3 is 12.0 Å². The Hall–Kier alpha value is -12.0. The minimum atomic E-state index is -2.03. The van der Waals surface area contributed by atoms with Gasteiger partial charge in [0, 0.05) is 49.4 Å². The van der Waals surface area contributed by atoms with Gasteiger partial charge in [-0.1, -0.05) is 58.4 Å². The van der Waals surface area contributed by atoms with E-state index in [-0.39, 0.29) is 146 Å². The van der Waals surface area contributed by atoms with E-state index in [4.69, 9.17) is 57.0 Å². The molecule has 1 fully saturated rings. The van der Waals surface area contributed by atoms with Gasteiger partial charge in [-0.15, -0.1) is 0 Å². The van der Waals surface area contributed by atoms with Crippen molar-refractivity contribution in [1.29, 1.82) is 5.41 Å². The number of carboxylic acids is 1. The van der Waals surface area contributed by atoms with Crippen LogP contribution in [0.3, 0.4) is 0 Å². The fraction of sp³-hybridized carbons (Fsp3) is 0.631. The molecule has 0 spiro atoms. The van der Waals surface area contributed by atoms with Crippen LogP contribution < -0.4 is 137 Å². The number of benzene rings is 2. The maximum atomic E-state index is 15.0. The van der Waals surface area contributed by atoms with Crippen molar-refractivity contribution in [2.24, 2.45) is 63.4 Å². The number of nitrogens with one attached hydrogen (secondary N) is 17. The van der Waals surface area contributed by atoms with E-state index in [1.54, 1.807) is 27.7 Å². The number of phenolic OH excluding ortho intramolecular Hbond substituents is 2. The first-order valence-electron chi connectivity index (χ1n) is 44.7. The molecule has 2 aromatic rings. The lowest BCUT2D eigenvalue weighted by Gasteiger charge is -2.34. The van der Waals surface area contributed by atoms with Gasteiger partial charge in [0.05, 0.1) is 24.7 Å². The summed E-state index contributed by atoms with van der Waals surface area (Å²) in [5.74, 6) is -20.3. The van der Waals surface area contributed by atoms with E-state index >= 15 is 0 Å². The monoisotopic (exact) mass is 1960 g/mol. The zero-order valence-electron chi connectivity index (χ0n) is 77.5. The first-order valence-corrected chi connectivity index (χ1v) is 45.8. The molecule has 762 valence electrons. The number of aromatic hydroxyl groups is 2. The van der Waals surface area contributed by atoms with E-state index in [1.165, 1.54) is 62.4 Å². The minimum absolute atomic E-state index is 0.0853. The zero-order chi connectivity index (χ0) is 103. The van der Waals surface area contributed by atoms with Gasteiger partial charge in [-0.05, 0) is 171 Å². The maximum Gasteiger partial charge on any atom is 0.326 e. The van der Waals surface area contributed by atoms with Crippen LogP contribution in [-0.2, 0) is 94.3 Å². The predicted molar refractivity (Wildman–Crippen MR) is 503 cm³/mol. The van der Waals surface area contributed by atoms with Crippen molar-refractivity contribution >= 4 is 138 Å². The molecule has 2 aromatic carbocycles. The lowest BCUT2D eigenvalue weighted by Crippen LogP contribution is -2.64. The highest BCUT2D eigenvalue weighted by atomic mass is 32.1. The molecule has 19 atom stereocenters. The van der Waals surface area contributed by atoms with Crippen LogP contribution in [-0.4, -0.2) is 315 Å². The molecule has 1 aliphatic rings. The SMILES string of the molecule is CC[C@H](C)[C@H](NC(=O)[C@@H]1C[C@@H](O)CN1C(=O)[C@@H](N)C(C)C)C(=O)N[C@H](C(=O)N[C@@H](Cc1ccc(O)cc1)C(=O)N[C@@H](CCCNC(N)=O)C(=O)N[C@@H](CC(N)=O)C(=O)N[C@@H](CCCNC(=N)N)C(=O)N[C@@H](CCN)C(=O)N[C@H](C(=O)N[C@H](CCN)C(=O)N[C@@H](CCCCN)C(=O)N[C@@H](CCN)C(=O)N[C@@H](CCN)C(=O)N[C@@H](CS)C(=O)N[C@@H](Cc1ccc(O)cc1)C(=O)O)[C@@H](C)O)C(C)(C)S. The summed E-state index contributed by atoms with van der Waals surface area (Å²) in [5, 5.41) is 98.9. The van der Waals surface area contributed by atoms with Crippen LogP contribution in [0.2, 0.25) is 0 Å². The van der Waals surface area contributed by atoms with E-state index in [2.05, 4.69) is 110 Å². The Labute approximate surface area is 798 Å². The number of unbranched alkanes of at least 4 members (excludes halogenated alkanes) is 1. The molecule has 0 unspecified atom stereocenters. The summed E-state index contributed by atoms with van der Waals surface area (Å²) in [6.07, 6.45) is -6.43. The number of carbonyl (C=O) groups excluding carboxylic acids is 17. The Morgan fingerprint density at radius 3 is 1.21 bits per heavy atom. The van der Waals surface area contributed by atoms with Crippen LogP contribution in [0, 0.1) is 17.2 Å². The summed E-state index contributed by atoms with van der Waals surface area (Å²) >= 11 is 8.83. The van der Waals surface area contributed by atoms with Gasteiger partial charge in [0.15, 0.2) is 5.96 Å². The first-order chi connectivity index (χ1) is 64.0. The first kappa shape index (κ1) is 118. The van der Waals surface area contributed by atoms with Crippen LogP contribution in [0.4, 0.5) is 4.79 Å². The smallest absolute Gasteiger partial charge is 0.326 e. The predicted octanol–water partition coefficient (Wildman–Crippen LogP) is -10.1. The highest BCUT2D eigenvalue weighted by Gasteiger charge is 2.46. The maximum absolute atomic E-state index is 15.0. The number of rotatable bonds is 62. The molecule has 1 aliphatic heterocycles. The number of amides is 18. The molecule has 40 N–H and O–H groups in total. The summed E-state index contributed by atoms with van der Waals surface area (Å²) in [4.78, 5) is 253. The molecule has 136 heavy (non-hydrogen) atoms. The third-order valence-electron chi connectivity index (χ3n) is 22.0. The number of thiol groups is 2. The fourth-order valence-corrected chi connectivity index (χ4v) is 14.4. The molecule has 1 heterocycles. The molecule has 0 aliphatic carbocycles. The van der Waals surface area contributed by atoms with E-state index in [9.17, 15) is 112 Å². The molecule has 52 heteroatoms. The molecule has 0 aromatic heterocycles. The molecule has 1 saturated heterocycles. The van der Waals surface area contributed by atoms with Gasteiger partial charge in [0.1, 0.15) is 102 Å². The number of guanidine groups is 1. The number of hydrogen-bond donors (Lipinski definition) is 33. The Bertz CT molecular complexity index is 4350. The molecular weight excluding hydrogens is 1820 g/mol. The van der Waals surface area contributed by atoms with Gasteiger partial charge in [-0.3, -0.25) is 82.1 Å². The number of aliphatic carboxylic acids is 1. The van der Waals surface area contributed by atoms with Crippen molar-refractivity contribution in [1.82, 2.24) is 90.0 Å². The standard InChI is InChI=1S/C84H141N27O23S2/c1-8-42(4)63(108-76(127)60-37-48(115)39-111(60)80(131)62(91)41(2)3)77(128)110-65(84(6,7)136)79(130)105-56(35-44-16-20-46(113)21-17-44)73(124)98-51(15-12-34-96-83(94)134)68(119)104-57(38-61(90)116)74(125)99-50(14-11-33-95-82(92)93)67(118)102-55(27-32-89)72(123)109-64(43(5)112)78(129)103-54(26-31-88)70(121)97-49(13-9-10-28-85)66(117)100-52(24-29-86)69(120)101-53(25-30-87)71(122)107-59(40-135)75(126)106-58(81(132)133)36-45-18-22-47(114)23-19-45/h16-23,41-43,48-60,62-65,112-115,135-136H,8-15,24-40,85-89,91H2,1-7H3,(H2,90,116)(H,97,121)(H,98,124)(H,99,125)(H,100,117)(H,101,120)(H,102,118)(H,103,129)(H,104,119)(H,105,130)(H,106,126)(H,107,122)(H,108,127)(H,109,123)(H,110,128)(H,132,133)(H4,92,93,95)(H3,94,96,134)/t42-,43+,48+,49-,50-,51-,52-,53-,54+,55-,56-,57-,58-,59-,60-,62-,63-,64-,65+/m0/s1. The molecule has 0 radical (unpaired) electrons. The number of carboxylic acid groups (broad SMARTS) is 1. The third-order valence-corrected chi connectivity index (χ3v) is 22.6. The van der Waals surface area contributed by atoms with Crippen molar-refractivity contribution in [2.75, 3.05) is 58.1 Å². The van der Waals surface area contributed by atoms with E-state index in [0.717, 1.165) is 11.8 Å². The second-order valence-corrected chi connectivity index (χ2v) is 35.5. The normalized spacial score (nSPS) is 16.7. The number of nitrogens with two attached hydrogens (primary N) is 9. The van der Waals surface area contributed by atoms with Crippen molar-refractivity contribution < 1.29 is 112 Å². The number of aliphatic hydroxyl groups excluding tert-OH is 2. The van der Waals surface area contributed by atoms with Crippen molar-refractivity contribution in [3.8, 4) is 11.5 Å². The number of β-amino-alcohol motifs (C(OH)–C–C–N with tert-alkyl or cyclic N) is 1. The number of hydrogen-bond acceptors (Lipinski definition) is 31. The van der Waals surface area contributed by atoms with Gasteiger partial charge in [0.2, 0.25) is 94.5 Å². The van der Waals surface area contributed by atoms with E-state index in [1.807, 2.05) is 0 Å². The Morgan fingerprint density at radius 1 is 0.463 bits per heavy atom. The van der Waals surface area contributed by atoms with Crippen LogP contribution in [0.5, 0.6) is 11.5 Å². The van der Waals surface area contributed by atoms with Gasteiger partial charge < -0.3 is 167 Å². The van der Waals surface area contributed by atoms with Crippen LogP contribution in [0.25, 0.3) is 0 Å². The summed E-state index contributed by atoms with van der Waals surface area (Å²) < 4.78 is -1.50. The van der Waals surface area contributed by atoms with Crippen molar-refractivity contribution in [2.45, 2.75) is 265 Å². The summed E-state index contributed by atoms with van der Waals surface area (Å²) in [6, 6.07) is -15.6. The van der Waals surface area contributed by atoms with Crippen molar-refractivity contribution in [3.05, 3.63) is 59.7 Å². The quantitative estimate of drug-likeness (QED) is 0.0127. The number of likely N-dealkylation sites (tertiary alicyclic amines) is 1. The molecule has 50 nitrogen and oxygen atoms in total. The summed E-state index contributed by atoms with van der Waals surface area (Å²) in [7, 11) is 0. The lowest BCUT2D eigenvalue weighted by molar-refractivity contribution is -0.142. The van der Waals surface area contributed by atoms with Gasteiger partial charge in [-0.25, -0.2) is 9.59 Å². The number of aliphatic hydroxyl groups is 2. The van der Waals surface area contributed by atoms with Crippen LogP contribution in [0.15, 0.2) is 48.5 Å². The Kier molecular flexibility index (Phi) is 51.9. The lowest BCUT2D eigenvalue weighted by atomic mass is 9.95. The van der Waals surface area contributed by atoms with Crippen LogP contribution in [0.1, 0.15) is 149 Å².